The number of rotatable bonds is 42. The average Bonchev–Trinajstić information content (AvgIpc) is 3.14. The second kappa shape index (κ2) is 41.3. The number of esters is 1. The minimum Gasteiger partial charge on any atom is -0.480 e. The van der Waals surface area contributed by atoms with Gasteiger partial charge in [-0.05, 0) is 83.6 Å². The number of hydrogen-bond acceptors (Lipinski definition) is 5. The lowest BCUT2D eigenvalue weighted by Gasteiger charge is -2.18. The molecule has 7 heteroatoms. The van der Waals surface area contributed by atoms with Gasteiger partial charge in [0, 0.05) is 12.8 Å². The van der Waals surface area contributed by atoms with Gasteiger partial charge < -0.3 is 20.9 Å². The molecule has 0 radical (unpaired) electrons. The van der Waals surface area contributed by atoms with E-state index in [1.165, 1.54) is 141 Å². The van der Waals surface area contributed by atoms with Gasteiger partial charge in [-0.25, -0.2) is 4.79 Å². The van der Waals surface area contributed by atoms with Gasteiger partial charge in [-0.3, -0.25) is 9.59 Å². The molecule has 0 aliphatic carbocycles. The summed E-state index contributed by atoms with van der Waals surface area (Å²) in [7, 11) is 0. The summed E-state index contributed by atoms with van der Waals surface area (Å²) in [5, 5.41) is 11.9. The summed E-state index contributed by atoms with van der Waals surface area (Å²) in [6, 6.07) is -0.853. The summed E-state index contributed by atoms with van der Waals surface area (Å²) < 4.78 is 6.04. The number of nitrogens with two attached hydrogens (primary N) is 1. The average molecular weight is 749 g/mol. The van der Waals surface area contributed by atoms with E-state index in [4.69, 9.17) is 10.5 Å². The van der Waals surface area contributed by atoms with Crippen LogP contribution in [0.15, 0.2) is 12.2 Å². The molecule has 2 atom stereocenters. The normalized spacial score (nSPS) is 12.7. The first-order valence-corrected chi connectivity index (χ1v) is 23.0. The molecule has 0 spiro atoms. The van der Waals surface area contributed by atoms with Crippen molar-refractivity contribution in [3.63, 3.8) is 0 Å². The van der Waals surface area contributed by atoms with Crippen molar-refractivity contribution in [1.82, 2.24) is 5.32 Å². The molecule has 53 heavy (non-hydrogen) atoms. The zero-order valence-electron chi connectivity index (χ0n) is 35.1. The Morgan fingerprint density at radius 1 is 0.528 bits per heavy atom. The van der Waals surface area contributed by atoms with E-state index in [-0.39, 0.29) is 18.0 Å². The fraction of sp³-hybridized carbons (Fsp3) is 0.891. The highest BCUT2D eigenvalue weighted by Gasteiger charge is 2.19. The molecular weight excluding hydrogens is 661 g/mol. The van der Waals surface area contributed by atoms with Gasteiger partial charge in [0.25, 0.3) is 0 Å². The van der Waals surface area contributed by atoms with Crippen LogP contribution in [-0.4, -0.2) is 41.6 Å². The number of nitrogens with one attached hydrogen (secondary N) is 1. The van der Waals surface area contributed by atoms with Gasteiger partial charge in [-0.15, -0.1) is 0 Å². The van der Waals surface area contributed by atoms with E-state index in [9.17, 15) is 19.5 Å². The summed E-state index contributed by atoms with van der Waals surface area (Å²) in [5.41, 5.74) is 5.48. The predicted molar refractivity (Wildman–Crippen MR) is 225 cm³/mol. The Hall–Kier alpha value is -1.89. The van der Waals surface area contributed by atoms with Gasteiger partial charge in [0.2, 0.25) is 5.91 Å². The van der Waals surface area contributed by atoms with Crippen LogP contribution < -0.4 is 11.1 Å². The Bertz CT molecular complexity index is 848. The number of ether oxygens (including phenoxy) is 1. The zero-order valence-corrected chi connectivity index (χ0v) is 35.1. The molecule has 312 valence electrons. The second-order valence-electron chi connectivity index (χ2n) is 15.8. The molecule has 0 fully saturated rings. The van der Waals surface area contributed by atoms with Gasteiger partial charge in [0.15, 0.2) is 0 Å². The van der Waals surface area contributed by atoms with Crippen LogP contribution in [0.5, 0.6) is 0 Å². The first-order valence-electron chi connectivity index (χ1n) is 23.0. The number of allylic oxidation sites excluding steroid dienone is 2. The Balaban J connectivity index is 4.18. The zero-order chi connectivity index (χ0) is 38.9. The lowest BCUT2D eigenvalue weighted by atomic mass is 10.0. The largest absolute Gasteiger partial charge is 0.480 e. The maximum Gasteiger partial charge on any atom is 0.326 e. The second-order valence-corrected chi connectivity index (χ2v) is 15.8. The van der Waals surface area contributed by atoms with Gasteiger partial charge in [0.05, 0.1) is 0 Å². The Morgan fingerprint density at radius 3 is 1.36 bits per heavy atom. The fourth-order valence-corrected chi connectivity index (χ4v) is 7.09. The summed E-state index contributed by atoms with van der Waals surface area (Å²) in [6.45, 7) is 4.95. The van der Waals surface area contributed by atoms with Crippen molar-refractivity contribution >= 4 is 17.8 Å². The molecule has 0 bridgehead atoms. The highest BCUT2D eigenvalue weighted by molar-refractivity contribution is 5.83. The van der Waals surface area contributed by atoms with Crippen LogP contribution in [0.1, 0.15) is 245 Å². The van der Waals surface area contributed by atoms with Crippen LogP contribution in [0.25, 0.3) is 0 Å². The van der Waals surface area contributed by atoms with Crippen molar-refractivity contribution in [2.75, 3.05) is 6.54 Å². The molecule has 1 amide bonds. The molecule has 7 nitrogen and oxygen atoms in total. The molecule has 2 unspecified atom stereocenters. The summed E-state index contributed by atoms with van der Waals surface area (Å²) in [4.78, 5) is 36.4. The molecular formula is C46H88N2O5. The van der Waals surface area contributed by atoms with Gasteiger partial charge in [-0.2, -0.15) is 0 Å². The Morgan fingerprint density at radius 2 is 0.925 bits per heavy atom. The number of unbranched alkanes of at least 4 members (excludes halogenated alkanes) is 26. The fourth-order valence-electron chi connectivity index (χ4n) is 7.09. The number of carboxylic acid groups (broad SMARTS) is 1. The number of hydrogen-bond donors (Lipinski definition) is 3. The van der Waals surface area contributed by atoms with Crippen molar-refractivity contribution in [3.05, 3.63) is 12.2 Å². The van der Waals surface area contributed by atoms with Crippen LogP contribution in [0.3, 0.4) is 0 Å². The minimum atomic E-state index is -1.00. The Labute approximate surface area is 328 Å². The van der Waals surface area contributed by atoms with E-state index in [1.807, 2.05) is 0 Å². The van der Waals surface area contributed by atoms with E-state index < -0.39 is 12.0 Å². The molecule has 0 aliphatic heterocycles. The summed E-state index contributed by atoms with van der Waals surface area (Å²) in [5.74, 6) is -1.22. The molecule has 4 N–H and O–H groups in total. The lowest BCUT2D eigenvalue weighted by Crippen LogP contribution is -2.40. The lowest BCUT2D eigenvalue weighted by molar-refractivity contribution is -0.150. The third-order valence-corrected chi connectivity index (χ3v) is 10.6. The van der Waals surface area contributed by atoms with E-state index in [2.05, 4.69) is 31.3 Å². The van der Waals surface area contributed by atoms with Crippen LogP contribution in [0.4, 0.5) is 0 Å². The molecule has 0 heterocycles. The first-order chi connectivity index (χ1) is 25.9. The molecule has 0 saturated heterocycles. The van der Waals surface area contributed by atoms with E-state index in [0.29, 0.717) is 32.2 Å². The van der Waals surface area contributed by atoms with E-state index >= 15 is 0 Å². The van der Waals surface area contributed by atoms with Crippen molar-refractivity contribution in [1.29, 1.82) is 0 Å². The predicted octanol–water partition coefficient (Wildman–Crippen LogP) is 13.1. The standard InChI is InChI=1S/C46H88N2O5/c1-3-5-7-9-11-13-14-15-16-17-18-19-20-21-23-25-30-34-40-45(50)53-42(36-31-27-24-22-12-10-8-6-4-2)37-32-28-26-29-33-39-44(49)48-43(46(51)52)38-35-41-47/h16-17,42-43H,3-15,18-41,47H2,1-2H3,(H,48,49)(H,51,52)/b17-16-. The third-order valence-electron chi connectivity index (χ3n) is 10.6. The number of carboxylic acids is 1. The number of amides is 1. The Kier molecular flexibility index (Phi) is 39.8. The monoisotopic (exact) mass is 749 g/mol. The van der Waals surface area contributed by atoms with E-state index in [1.54, 1.807) is 0 Å². The van der Waals surface area contributed by atoms with Crippen LogP contribution >= 0.6 is 0 Å². The van der Waals surface area contributed by atoms with Gasteiger partial charge in [-0.1, -0.05) is 167 Å². The minimum absolute atomic E-state index is 0.0175. The quantitative estimate of drug-likeness (QED) is 0.0325. The van der Waals surface area contributed by atoms with E-state index in [0.717, 1.165) is 64.2 Å². The van der Waals surface area contributed by atoms with Crippen molar-refractivity contribution < 1.29 is 24.2 Å². The summed E-state index contributed by atoms with van der Waals surface area (Å²) in [6.07, 6.45) is 45.5. The third kappa shape index (κ3) is 38.2. The molecule has 0 aromatic heterocycles. The van der Waals surface area contributed by atoms with Crippen molar-refractivity contribution in [3.8, 4) is 0 Å². The number of carbonyl (C=O) groups is 3. The molecule has 0 aromatic rings. The van der Waals surface area contributed by atoms with Crippen molar-refractivity contribution in [2.24, 2.45) is 5.73 Å². The molecule has 0 rings (SSSR count). The SMILES string of the molecule is CCCCCCCCC/C=C\CCCCCCCCCC(=O)OC(CCCCCCCCCCC)CCCCCCCC(=O)NC(CCCN)C(=O)O. The highest BCUT2D eigenvalue weighted by atomic mass is 16.5. The maximum atomic E-state index is 12.8. The smallest absolute Gasteiger partial charge is 0.326 e. The van der Waals surface area contributed by atoms with Gasteiger partial charge >= 0.3 is 11.9 Å². The van der Waals surface area contributed by atoms with Crippen molar-refractivity contribution in [2.45, 2.75) is 257 Å². The van der Waals surface area contributed by atoms with Crippen LogP contribution in [0.2, 0.25) is 0 Å². The van der Waals surface area contributed by atoms with Crippen LogP contribution in [0, 0.1) is 0 Å². The topological polar surface area (TPSA) is 119 Å². The summed E-state index contributed by atoms with van der Waals surface area (Å²) >= 11 is 0. The van der Waals surface area contributed by atoms with Gasteiger partial charge in [0.1, 0.15) is 12.1 Å². The number of aliphatic carboxylic acids is 1. The van der Waals surface area contributed by atoms with Crippen LogP contribution in [-0.2, 0) is 19.1 Å². The molecule has 0 aliphatic rings. The first kappa shape index (κ1) is 51.1. The molecule has 0 aromatic carbocycles. The maximum absolute atomic E-state index is 12.8. The number of carbonyl (C=O) groups excluding carboxylic acids is 2. The highest BCUT2D eigenvalue weighted by Crippen LogP contribution is 2.19. The molecule has 0 saturated carbocycles.